The van der Waals surface area contributed by atoms with Crippen molar-refractivity contribution in [2.75, 3.05) is 0 Å². The lowest BCUT2D eigenvalue weighted by Gasteiger charge is -2.17. The Bertz CT molecular complexity index is 4220. The molecule has 0 bridgehead atoms. The first kappa shape index (κ1) is 35.9. The van der Waals surface area contributed by atoms with Crippen LogP contribution in [-0.2, 0) is 0 Å². The van der Waals surface area contributed by atoms with E-state index in [4.69, 9.17) is 9.97 Å². The minimum absolute atomic E-state index is 0.693. The molecular formula is C62H37N3. The summed E-state index contributed by atoms with van der Waals surface area (Å²) in [5.41, 5.74) is 10.6. The number of rotatable bonds is 5. The van der Waals surface area contributed by atoms with E-state index in [1.165, 1.54) is 86.4 Å². The van der Waals surface area contributed by atoms with E-state index in [1.54, 1.807) is 0 Å². The summed E-state index contributed by atoms with van der Waals surface area (Å²) in [5.74, 6) is 0.693. The topological polar surface area (TPSA) is 30.7 Å². The van der Waals surface area contributed by atoms with Gasteiger partial charge in [-0.25, -0.2) is 9.97 Å². The van der Waals surface area contributed by atoms with E-state index in [1.807, 2.05) is 6.07 Å². The molecule has 14 aromatic rings. The second-order valence-corrected chi connectivity index (χ2v) is 17.3. The maximum atomic E-state index is 5.42. The third-order valence-corrected chi connectivity index (χ3v) is 13.7. The van der Waals surface area contributed by atoms with Crippen molar-refractivity contribution in [2.24, 2.45) is 0 Å². The standard InChI is InChI=1S/C62H37N3/c1-3-14-41(15-4-1)62-63-54(37-55(64-62)47-22-8-7-21-46(47)42-32-33-57-52(35-42)48-23-9-10-27-56(48)65(57)45-19-5-2-6-20-45)44-34-43-31-30-40-17-12-25-50-49-24-11-16-38-28-29-39-18-13-26-51(60(39)58(38)49)53(36-44)61(43)59(40)50/h1-37H. The second kappa shape index (κ2) is 13.9. The first-order valence-electron chi connectivity index (χ1n) is 22.3. The van der Waals surface area contributed by atoms with Gasteiger partial charge in [-0.05, 0) is 124 Å². The van der Waals surface area contributed by atoms with Gasteiger partial charge in [0.2, 0.25) is 0 Å². The molecule has 0 amide bonds. The average molecular weight is 824 g/mol. The summed E-state index contributed by atoms with van der Waals surface area (Å²) in [5, 5.41) is 17.5. The van der Waals surface area contributed by atoms with Crippen LogP contribution in [0.1, 0.15) is 0 Å². The van der Waals surface area contributed by atoms with Crippen LogP contribution >= 0.6 is 0 Å². The fraction of sp³-hybridized carbons (Fsp3) is 0. The van der Waals surface area contributed by atoms with Gasteiger partial charge in [0.15, 0.2) is 5.82 Å². The molecule has 0 aliphatic carbocycles. The Balaban J connectivity index is 1.03. The summed E-state index contributed by atoms with van der Waals surface area (Å²) in [4.78, 5) is 10.8. The first-order chi connectivity index (χ1) is 32.2. The number of hydrogen-bond acceptors (Lipinski definition) is 2. The molecule has 0 aliphatic rings. The highest BCUT2D eigenvalue weighted by molar-refractivity contribution is 6.37. The molecule has 0 saturated heterocycles. The first-order valence-corrected chi connectivity index (χ1v) is 22.3. The van der Waals surface area contributed by atoms with Crippen LogP contribution < -0.4 is 0 Å². The van der Waals surface area contributed by atoms with Crippen molar-refractivity contribution in [3.63, 3.8) is 0 Å². The smallest absolute Gasteiger partial charge is 0.160 e. The quantitative estimate of drug-likeness (QED) is 0.162. The molecule has 0 atom stereocenters. The molecule has 2 aromatic heterocycles. The van der Waals surface area contributed by atoms with E-state index >= 15 is 0 Å². The molecule has 0 aliphatic heterocycles. The van der Waals surface area contributed by atoms with Crippen molar-refractivity contribution >= 4 is 86.4 Å². The van der Waals surface area contributed by atoms with E-state index in [9.17, 15) is 0 Å². The van der Waals surface area contributed by atoms with Crippen molar-refractivity contribution in [1.29, 1.82) is 0 Å². The fourth-order valence-electron chi connectivity index (χ4n) is 10.8. The molecule has 3 heteroatoms. The molecule has 0 fully saturated rings. The summed E-state index contributed by atoms with van der Waals surface area (Å²) in [7, 11) is 0. The Labute approximate surface area is 374 Å². The number of aromatic nitrogens is 3. The fourth-order valence-corrected chi connectivity index (χ4v) is 10.8. The van der Waals surface area contributed by atoms with Crippen molar-refractivity contribution in [2.45, 2.75) is 0 Å². The van der Waals surface area contributed by atoms with Gasteiger partial charge < -0.3 is 4.57 Å². The van der Waals surface area contributed by atoms with Crippen molar-refractivity contribution in [1.82, 2.24) is 14.5 Å². The lowest BCUT2D eigenvalue weighted by molar-refractivity contribution is 1.18. The summed E-state index contributed by atoms with van der Waals surface area (Å²) in [6.07, 6.45) is 0. The van der Waals surface area contributed by atoms with Gasteiger partial charge in [0.1, 0.15) is 0 Å². The number of para-hydroxylation sites is 2. The van der Waals surface area contributed by atoms with E-state index in [-0.39, 0.29) is 0 Å². The Kier molecular flexibility index (Phi) is 7.69. The van der Waals surface area contributed by atoms with Crippen LogP contribution in [0.15, 0.2) is 224 Å². The minimum atomic E-state index is 0.693. The highest BCUT2D eigenvalue weighted by Crippen LogP contribution is 2.45. The molecular weight excluding hydrogens is 787 g/mol. The molecule has 300 valence electrons. The van der Waals surface area contributed by atoms with Gasteiger partial charge in [0, 0.05) is 33.2 Å². The Morgan fingerprint density at radius 3 is 1.51 bits per heavy atom. The molecule has 0 spiro atoms. The number of nitrogens with zero attached hydrogens (tertiary/aromatic N) is 3. The normalized spacial score (nSPS) is 12.0. The molecule has 0 radical (unpaired) electrons. The van der Waals surface area contributed by atoms with Gasteiger partial charge >= 0.3 is 0 Å². The van der Waals surface area contributed by atoms with Gasteiger partial charge in [0.25, 0.3) is 0 Å². The molecule has 0 unspecified atom stereocenters. The van der Waals surface area contributed by atoms with Crippen LogP contribution in [0.4, 0.5) is 0 Å². The van der Waals surface area contributed by atoms with Gasteiger partial charge in [-0.3, -0.25) is 0 Å². The predicted molar refractivity (Wildman–Crippen MR) is 274 cm³/mol. The van der Waals surface area contributed by atoms with E-state index < -0.39 is 0 Å². The highest BCUT2D eigenvalue weighted by atomic mass is 15.0. The van der Waals surface area contributed by atoms with E-state index in [0.29, 0.717) is 5.82 Å². The van der Waals surface area contributed by atoms with Gasteiger partial charge in [0.05, 0.1) is 22.4 Å². The van der Waals surface area contributed by atoms with Crippen LogP contribution in [0.25, 0.3) is 137 Å². The van der Waals surface area contributed by atoms with Crippen molar-refractivity contribution in [3.05, 3.63) is 224 Å². The largest absolute Gasteiger partial charge is 0.309 e. The summed E-state index contributed by atoms with van der Waals surface area (Å²) in [6, 6.07) is 81.7. The van der Waals surface area contributed by atoms with Crippen LogP contribution in [-0.4, -0.2) is 14.5 Å². The Morgan fingerprint density at radius 2 is 0.800 bits per heavy atom. The average Bonchev–Trinajstić information content (AvgIpc) is 3.71. The minimum Gasteiger partial charge on any atom is -0.309 e. The predicted octanol–water partition coefficient (Wildman–Crippen LogP) is 16.6. The highest BCUT2D eigenvalue weighted by Gasteiger charge is 2.20. The van der Waals surface area contributed by atoms with Gasteiger partial charge in [-0.1, -0.05) is 176 Å². The molecule has 3 nitrogen and oxygen atoms in total. The molecule has 14 rings (SSSR count). The second-order valence-electron chi connectivity index (χ2n) is 17.3. The number of hydrogen-bond donors (Lipinski definition) is 0. The lowest BCUT2D eigenvalue weighted by atomic mass is 9.87. The maximum Gasteiger partial charge on any atom is 0.160 e. The molecule has 12 aromatic carbocycles. The molecule has 65 heavy (non-hydrogen) atoms. The molecule has 0 N–H and O–H groups in total. The van der Waals surface area contributed by atoms with Crippen molar-refractivity contribution in [3.8, 4) is 50.7 Å². The van der Waals surface area contributed by atoms with Crippen LogP contribution in [0.5, 0.6) is 0 Å². The SMILES string of the molecule is c1ccc(-c2nc(-c3cc4ccc5cccc6c7cccc8ccc9cccc(c(c3)c4c56)c9c87)cc(-c3ccccc3-c3ccc4c(c3)c3ccccc3n4-c3ccccc3)n2)cc1. The Morgan fingerprint density at radius 1 is 0.277 bits per heavy atom. The monoisotopic (exact) mass is 823 g/mol. The van der Waals surface area contributed by atoms with Crippen LogP contribution in [0, 0.1) is 0 Å². The van der Waals surface area contributed by atoms with E-state index in [0.717, 1.165) is 44.9 Å². The van der Waals surface area contributed by atoms with Crippen molar-refractivity contribution < 1.29 is 0 Å². The number of fused-ring (bicyclic) bond motifs is 5. The van der Waals surface area contributed by atoms with Crippen LogP contribution in [0.3, 0.4) is 0 Å². The summed E-state index contributed by atoms with van der Waals surface area (Å²) in [6.45, 7) is 0. The number of benzene rings is 11. The maximum absolute atomic E-state index is 5.42. The third-order valence-electron chi connectivity index (χ3n) is 13.7. The molecule has 0 saturated carbocycles. The van der Waals surface area contributed by atoms with Gasteiger partial charge in [-0.15, -0.1) is 0 Å². The zero-order chi connectivity index (χ0) is 42.6. The zero-order valence-corrected chi connectivity index (χ0v) is 35.2. The Hall–Kier alpha value is -8.66. The zero-order valence-electron chi connectivity index (χ0n) is 35.2. The third kappa shape index (κ3) is 5.43. The summed E-state index contributed by atoms with van der Waals surface area (Å²) < 4.78 is 2.37. The van der Waals surface area contributed by atoms with Crippen LogP contribution in [0.2, 0.25) is 0 Å². The lowest BCUT2D eigenvalue weighted by Crippen LogP contribution is -1.97. The molecule has 2 heterocycles. The van der Waals surface area contributed by atoms with Gasteiger partial charge in [-0.2, -0.15) is 0 Å². The summed E-state index contributed by atoms with van der Waals surface area (Å²) >= 11 is 0. The van der Waals surface area contributed by atoms with E-state index in [2.05, 4.69) is 223 Å².